The van der Waals surface area contributed by atoms with Crippen molar-refractivity contribution >= 4 is 17.6 Å². The summed E-state index contributed by atoms with van der Waals surface area (Å²) in [6.45, 7) is 4.24. The summed E-state index contributed by atoms with van der Waals surface area (Å²) in [5.41, 5.74) is 2.58. The summed E-state index contributed by atoms with van der Waals surface area (Å²) in [6, 6.07) is 11.5. The second kappa shape index (κ2) is 10.5. The number of nitrogens with zero attached hydrogens (tertiary/aromatic N) is 3. The molecule has 31 heavy (non-hydrogen) atoms. The molecule has 0 amide bonds. The number of methoxy groups -OCH3 is 4. The van der Waals surface area contributed by atoms with Crippen LogP contribution < -0.4 is 23.7 Å². The third kappa shape index (κ3) is 4.80. The predicted octanol–water partition coefficient (Wildman–Crippen LogP) is 4.22. The van der Waals surface area contributed by atoms with Crippen LogP contribution >= 0.6 is 11.3 Å². The first-order valence-corrected chi connectivity index (χ1v) is 10.3. The van der Waals surface area contributed by atoms with Crippen molar-refractivity contribution in [3.05, 3.63) is 64.8 Å². The van der Waals surface area contributed by atoms with Crippen LogP contribution in [-0.4, -0.2) is 45.9 Å². The van der Waals surface area contributed by atoms with Crippen molar-refractivity contribution in [3.8, 4) is 34.3 Å². The molecule has 2 aromatic carbocycles. The van der Waals surface area contributed by atoms with Crippen LogP contribution in [0, 0.1) is 0 Å². The Balaban J connectivity index is 2.13. The highest BCUT2D eigenvalue weighted by molar-refractivity contribution is 7.07. The van der Waals surface area contributed by atoms with Crippen molar-refractivity contribution < 1.29 is 18.9 Å². The van der Waals surface area contributed by atoms with Gasteiger partial charge in [0.2, 0.25) is 10.6 Å². The Labute approximate surface area is 185 Å². The zero-order valence-electron chi connectivity index (χ0n) is 18.0. The highest BCUT2D eigenvalue weighted by Gasteiger charge is 2.14. The average molecular weight is 440 g/mol. The molecule has 0 saturated heterocycles. The van der Waals surface area contributed by atoms with Crippen LogP contribution in [0.15, 0.2) is 64.5 Å². The number of aromatic nitrogens is 1. The molecule has 1 aromatic heterocycles. The number of hydrogen-bond donors (Lipinski definition) is 0. The molecule has 0 bridgehead atoms. The summed E-state index contributed by atoms with van der Waals surface area (Å²) >= 11 is 1.50. The van der Waals surface area contributed by atoms with E-state index in [9.17, 15) is 0 Å². The molecule has 0 saturated carbocycles. The van der Waals surface area contributed by atoms with E-state index in [2.05, 4.69) is 11.6 Å². The molecule has 0 aliphatic rings. The van der Waals surface area contributed by atoms with Gasteiger partial charge in [-0.25, -0.2) is 4.68 Å². The first-order chi connectivity index (χ1) is 15.2. The van der Waals surface area contributed by atoms with Crippen LogP contribution in [0.4, 0.5) is 0 Å². The Morgan fingerprint density at radius 2 is 1.65 bits per heavy atom. The van der Waals surface area contributed by atoms with Crippen LogP contribution in [0.5, 0.6) is 23.0 Å². The first kappa shape index (κ1) is 22.2. The standard InChI is InChI=1S/C23H25N3O4S/c1-6-11-24-23-26(18(15-31-23)17-9-7-8-10-19(17)27-2)25-14-16-12-20(28-3)22(30-5)21(13-16)29-4/h6-10,12-15H,1,11H2,2-5H3. The maximum Gasteiger partial charge on any atom is 0.206 e. The Morgan fingerprint density at radius 1 is 0.968 bits per heavy atom. The highest BCUT2D eigenvalue weighted by Crippen LogP contribution is 2.37. The fourth-order valence-electron chi connectivity index (χ4n) is 3.00. The second-order valence-electron chi connectivity index (χ2n) is 6.25. The number of ether oxygens (including phenoxy) is 4. The van der Waals surface area contributed by atoms with Crippen molar-refractivity contribution in [2.75, 3.05) is 35.0 Å². The third-order valence-electron chi connectivity index (χ3n) is 4.43. The molecule has 0 fully saturated rings. The smallest absolute Gasteiger partial charge is 0.206 e. The van der Waals surface area contributed by atoms with E-state index < -0.39 is 0 Å². The molecular weight excluding hydrogens is 414 g/mol. The Kier molecular flexibility index (Phi) is 7.50. The van der Waals surface area contributed by atoms with Gasteiger partial charge in [-0.2, -0.15) is 5.10 Å². The molecule has 1 heterocycles. The molecule has 0 radical (unpaired) electrons. The zero-order valence-corrected chi connectivity index (χ0v) is 18.8. The summed E-state index contributed by atoms with van der Waals surface area (Å²) in [7, 11) is 6.38. The van der Waals surface area contributed by atoms with Gasteiger partial charge in [0.15, 0.2) is 11.5 Å². The van der Waals surface area contributed by atoms with Gasteiger partial charge < -0.3 is 18.9 Å². The van der Waals surface area contributed by atoms with Gasteiger partial charge in [0.1, 0.15) is 5.75 Å². The molecule has 8 heteroatoms. The maximum absolute atomic E-state index is 5.54. The largest absolute Gasteiger partial charge is 0.496 e. The van der Waals surface area contributed by atoms with Crippen molar-refractivity contribution in [2.45, 2.75) is 0 Å². The van der Waals surface area contributed by atoms with E-state index in [0.29, 0.717) is 23.8 Å². The molecule has 0 spiro atoms. The summed E-state index contributed by atoms with van der Waals surface area (Å²) in [5, 5.41) is 6.72. The summed E-state index contributed by atoms with van der Waals surface area (Å²) in [5.74, 6) is 2.40. The van der Waals surface area contributed by atoms with Gasteiger partial charge in [-0.1, -0.05) is 18.2 Å². The molecule has 7 nitrogen and oxygen atoms in total. The summed E-state index contributed by atoms with van der Waals surface area (Å²) in [4.78, 5) is 5.31. The average Bonchev–Trinajstić information content (AvgIpc) is 3.22. The monoisotopic (exact) mass is 439 g/mol. The van der Waals surface area contributed by atoms with Crippen molar-refractivity contribution in [1.82, 2.24) is 4.68 Å². The SMILES string of the molecule is C=CCN=c1scc(-c2ccccc2OC)n1N=Cc1cc(OC)c(OC)c(OC)c1. The van der Waals surface area contributed by atoms with Gasteiger partial charge in [0, 0.05) is 16.5 Å². The highest BCUT2D eigenvalue weighted by atomic mass is 32.1. The van der Waals surface area contributed by atoms with Gasteiger partial charge in [-0.15, -0.1) is 17.9 Å². The van der Waals surface area contributed by atoms with E-state index in [1.807, 2.05) is 41.8 Å². The fourth-order valence-corrected chi connectivity index (χ4v) is 3.84. The lowest BCUT2D eigenvalue weighted by molar-refractivity contribution is 0.324. The van der Waals surface area contributed by atoms with Crippen LogP contribution in [0.25, 0.3) is 11.3 Å². The number of benzene rings is 2. The van der Waals surface area contributed by atoms with E-state index in [1.54, 1.807) is 45.4 Å². The zero-order chi connectivity index (χ0) is 22.2. The summed E-state index contributed by atoms with van der Waals surface area (Å²) in [6.07, 6.45) is 3.47. The summed E-state index contributed by atoms with van der Waals surface area (Å²) < 4.78 is 23.6. The van der Waals surface area contributed by atoms with Crippen molar-refractivity contribution in [2.24, 2.45) is 10.1 Å². The van der Waals surface area contributed by atoms with Gasteiger partial charge in [-0.05, 0) is 24.3 Å². The molecule has 3 rings (SSSR count). The minimum atomic E-state index is 0.492. The van der Waals surface area contributed by atoms with E-state index in [-0.39, 0.29) is 0 Å². The lowest BCUT2D eigenvalue weighted by Crippen LogP contribution is -2.12. The van der Waals surface area contributed by atoms with Crippen LogP contribution in [-0.2, 0) is 0 Å². The Morgan fingerprint density at radius 3 is 2.26 bits per heavy atom. The second-order valence-corrected chi connectivity index (χ2v) is 7.08. The number of hydrogen-bond acceptors (Lipinski definition) is 7. The predicted molar refractivity (Wildman–Crippen MR) is 124 cm³/mol. The minimum Gasteiger partial charge on any atom is -0.496 e. The van der Waals surface area contributed by atoms with Crippen molar-refractivity contribution in [3.63, 3.8) is 0 Å². The molecule has 0 aliphatic heterocycles. The quantitative estimate of drug-likeness (QED) is 0.370. The molecule has 0 unspecified atom stereocenters. The number of para-hydroxylation sites is 1. The lowest BCUT2D eigenvalue weighted by Gasteiger charge is -2.12. The first-order valence-electron chi connectivity index (χ1n) is 9.46. The molecular formula is C23H25N3O4S. The molecule has 0 N–H and O–H groups in total. The van der Waals surface area contributed by atoms with Gasteiger partial charge in [-0.3, -0.25) is 4.99 Å². The lowest BCUT2D eigenvalue weighted by atomic mass is 10.1. The normalized spacial score (nSPS) is 11.5. The Hall–Kier alpha value is -3.52. The van der Waals surface area contributed by atoms with E-state index >= 15 is 0 Å². The van der Waals surface area contributed by atoms with Crippen LogP contribution in [0.1, 0.15) is 5.56 Å². The maximum atomic E-state index is 5.54. The number of rotatable bonds is 9. The minimum absolute atomic E-state index is 0.492. The van der Waals surface area contributed by atoms with E-state index in [4.69, 9.17) is 24.0 Å². The van der Waals surface area contributed by atoms with E-state index in [0.717, 1.165) is 27.4 Å². The van der Waals surface area contributed by atoms with Gasteiger partial charge in [0.05, 0.1) is 46.9 Å². The molecule has 3 aromatic rings. The number of thiazole rings is 1. The Bertz CT molecular complexity index is 1120. The topological polar surface area (TPSA) is 66.6 Å². The molecule has 162 valence electrons. The van der Waals surface area contributed by atoms with E-state index in [1.165, 1.54) is 11.3 Å². The molecule has 0 atom stereocenters. The molecule has 0 aliphatic carbocycles. The van der Waals surface area contributed by atoms with Crippen LogP contribution in [0.3, 0.4) is 0 Å². The van der Waals surface area contributed by atoms with Gasteiger partial charge in [0.25, 0.3) is 0 Å². The fraction of sp³-hybridized carbons (Fsp3) is 0.217. The van der Waals surface area contributed by atoms with Crippen molar-refractivity contribution in [1.29, 1.82) is 0 Å². The van der Waals surface area contributed by atoms with Crippen LogP contribution in [0.2, 0.25) is 0 Å². The third-order valence-corrected chi connectivity index (χ3v) is 5.29. The van der Waals surface area contributed by atoms with Gasteiger partial charge >= 0.3 is 0 Å².